The highest BCUT2D eigenvalue weighted by molar-refractivity contribution is 5.79. The van der Waals surface area contributed by atoms with Crippen LogP contribution < -0.4 is 5.32 Å². The Labute approximate surface area is 182 Å². The Morgan fingerprint density at radius 1 is 1.16 bits per heavy atom. The SMILES string of the molecule is C[C@@H](OC(C)(C)C)[C@H](NC(=O)OCC1c2ccccc2-c2ccccc21)/C(O)=C/[N+]#N. The van der Waals surface area contributed by atoms with Crippen molar-refractivity contribution in [1.82, 2.24) is 5.32 Å². The van der Waals surface area contributed by atoms with Crippen molar-refractivity contribution >= 4 is 6.09 Å². The van der Waals surface area contributed by atoms with Gasteiger partial charge in [-0.15, -0.1) is 0 Å². The van der Waals surface area contributed by atoms with Gasteiger partial charge in [0.25, 0.3) is 0 Å². The largest absolute Gasteiger partial charge is 0.504 e. The molecule has 7 heteroatoms. The number of nitrogens with one attached hydrogen (secondary N) is 1. The predicted molar refractivity (Wildman–Crippen MR) is 118 cm³/mol. The third kappa shape index (κ3) is 5.22. The molecule has 2 aromatic rings. The zero-order valence-electron chi connectivity index (χ0n) is 18.2. The summed E-state index contributed by atoms with van der Waals surface area (Å²) in [6, 6.07) is 15.2. The number of amides is 1. The Hall–Kier alpha value is -3.37. The van der Waals surface area contributed by atoms with Gasteiger partial charge in [-0.2, -0.15) is 0 Å². The number of alkyl carbamates (subject to hydrolysis) is 1. The molecule has 1 aliphatic carbocycles. The maximum absolute atomic E-state index is 12.6. The predicted octanol–water partition coefficient (Wildman–Crippen LogP) is 5.35. The summed E-state index contributed by atoms with van der Waals surface area (Å²) < 4.78 is 11.4. The molecule has 2 N–H and O–H groups in total. The van der Waals surface area contributed by atoms with Crippen LogP contribution in [0.15, 0.2) is 60.5 Å². The van der Waals surface area contributed by atoms with Gasteiger partial charge in [0.2, 0.25) is 11.2 Å². The Kier molecular flexibility index (Phi) is 6.62. The van der Waals surface area contributed by atoms with Gasteiger partial charge >= 0.3 is 12.3 Å². The normalized spacial score (nSPS) is 15.4. The number of aliphatic hydroxyl groups excluding tert-OH is 1. The summed E-state index contributed by atoms with van der Waals surface area (Å²) in [4.78, 5) is 15.4. The number of aliphatic hydroxyl groups is 1. The molecule has 0 saturated carbocycles. The number of hydrogen-bond acceptors (Lipinski definition) is 5. The summed E-state index contributed by atoms with van der Waals surface area (Å²) in [6.45, 7) is 7.46. The Bertz CT molecular complexity index is 974. The second kappa shape index (κ2) is 9.19. The van der Waals surface area contributed by atoms with Gasteiger partial charge in [-0.05, 0) is 49.9 Å². The first-order valence-corrected chi connectivity index (χ1v) is 10.2. The van der Waals surface area contributed by atoms with E-state index in [4.69, 9.17) is 14.9 Å². The van der Waals surface area contributed by atoms with E-state index < -0.39 is 23.8 Å². The van der Waals surface area contributed by atoms with Crippen LogP contribution in [-0.2, 0) is 9.47 Å². The fourth-order valence-corrected chi connectivity index (χ4v) is 3.96. The molecular weight excluding hydrogens is 394 g/mol. The standard InChI is InChI=1S/C24H27N3O4/c1-15(31-24(2,3)4)22(21(28)13-26-25)27-23(29)30-14-20-18-11-7-5-9-16(18)17-10-6-8-12-19(17)20/h5-13,15,20,22H,14H2,1-4H3,(H-,27,28,29)/p+1/b21-13-/t15-,22+/m1/s1. The van der Waals surface area contributed by atoms with Gasteiger partial charge in [-0.1, -0.05) is 48.5 Å². The molecule has 2 atom stereocenters. The molecule has 162 valence electrons. The molecule has 1 aliphatic rings. The Morgan fingerprint density at radius 3 is 2.23 bits per heavy atom. The van der Waals surface area contributed by atoms with Gasteiger partial charge in [-0.25, -0.2) is 4.79 Å². The monoisotopic (exact) mass is 422 g/mol. The van der Waals surface area contributed by atoms with Crippen molar-refractivity contribution in [2.24, 2.45) is 0 Å². The van der Waals surface area contributed by atoms with Gasteiger partial charge in [0, 0.05) is 5.92 Å². The highest BCUT2D eigenvalue weighted by Gasteiger charge is 2.32. The van der Waals surface area contributed by atoms with Crippen molar-refractivity contribution in [1.29, 1.82) is 5.39 Å². The van der Waals surface area contributed by atoms with E-state index in [0.717, 1.165) is 28.5 Å². The molecule has 0 unspecified atom stereocenters. The molecule has 3 rings (SSSR count). The van der Waals surface area contributed by atoms with Gasteiger partial charge < -0.3 is 19.9 Å². The van der Waals surface area contributed by atoms with E-state index >= 15 is 0 Å². The van der Waals surface area contributed by atoms with Crippen LogP contribution >= 0.6 is 0 Å². The van der Waals surface area contributed by atoms with E-state index in [1.807, 2.05) is 57.2 Å². The first kappa shape index (κ1) is 22.3. The summed E-state index contributed by atoms with van der Waals surface area (Å²) in [7, 11) is 0. The van der Waals surface area contributed by atoms with Crippen LogP contribution in [0, 0.1) is 5.39 Å². The Balaban J connectivity index is 1.72. The smallest absolute Gasteiger partial charge is 0.407 e. The molecule has 0 saturated heterocycles. The van der Waals surface area contributed by atoms with Crippen LogP contribution in [0.4, 0.5) is 4.79 Å². The lowest BCUT2D eigenvalue weighted by Crippen LogP contribution is -2.47. The average molecular weight is 423 g/mol. The number of carbonyl (C=O) groups is 1. The quantitative estimate of drug-likeness (QED) is 0.483. The minimum absolute atomic E-state index is 0.0728. The zero-order chi connectivity index (χ0) is 22.6. The third-order valence-electron chi connectivity index (χ3n) is 5.13. The minimum atomic E-state index is -0.939. The van der Waals surface area contributed by atoms with Crippen LogP contribution in [0.2, 0.25) is 0 Å². The first-order valence-electron chi connectivity index (χ1n) is 10.2. The second-order valence-corrected chi connectivity index (χ2v) is 8.55. The minimum Gasteiger partial charge on any atom is -0.504 e. The number of hydrogen-bond donors (Lipinski definition) is 2. The highest BCUT2D eigenvalue weighted by Crippen LogP contribution is 2.44. The maximum atomic E-state index is 12.6. The molecular formula is C24H28N3O4+. The van der Waals surface area contributed by atoms with Crippen molar-refractivity contribution < 1.29 is 19.4 Å². The van der Waals surface area contributed by atoms with Crippen LogP contribution in [0.25, 0.3) is 16.1 Å². The molecule has 0 aliphatic heterocycles. The van der Waals surface area contributed by atoms with Gasteiger partial charge in [-0.3, -0.25) is 0 Å². The van der Waals surface area contributed by atoms with Crippen LogP contribution in [0.1, 0.15) is 44.7 Å². The second-order valence-electron chi connectivity index (χ2n) is 8.55. The van der Waals surface area contributed by atoms with Crippen molar-refractivity contribution in [3.8, 4) is 11.1 Å². The number of diazo groups is 1. The lowest BCUT2D eigenvalue weighted by molar-refractivity contribution is -0.0650. The molecule has 0 fully saturated rings. The molecule has 2 aromatic carbocycles. The van der Waals surface area contributed by atoms with Crippen molar-refractivity contribution in [2.45, 2.75) is 51.4 Å². The molecule has 0 bridgehead atoms. The number of carbonyl (C=O) groups excluding carboxylic acids is 1. The van der Waals surface area contributed by atoms with E-state index in [1.165, 1.54) is 0 Å². The first-order chi connectivity index (χ1) is 14.7. The van der Waals surface area contributed by atoms with Gasteiger partial charge in [0.1, 0.15) is 12.6 Å². The van der Waals surface area contributed by atoms with Crippen LogP contribution in [-0.4, -0.2) is 35.6 Å². The molecule has 31 heavy (non-hydrogen) atoms. The number of rotatable bonds is 6. The van der Waals surface area contributed by atoms with Gasteiger partial charge in [0.15, 0.2) is 4.98 Å². The highest BCUT2D eigenvalue weighted by atomic mass is 16.6. The summed E-state index contributed by atoms with van der Waals surface area (Å²) in [5, 5.41) is 21.6. The number of nitrogens with zero attached hydrogens (tertiary/aromatic N) is 2. The topological polar surface area (TPSA) is 95.9 Å². The molecule has 1 amide bonds. The summed E-state index contributed by atoms with van der Waals surface area (Å²) in [6.07, 6.45) is -0.440. The fraction of sp³-hybridized carbons (Fsp3) is 0.375. The van der Waals surface area contributed by atoms with Crippen molar-refractivity contribution in [2.75, 3.05) is 6.61 Å². The molecule has 0 heterocycles. The van der Waals surface area contributed by atoms with Gasteiger partial charge in [0.05, 0.1) is 11.7 Å². The van der Waals surface area contributed by atoms with Crippen molar-refractivity contribution in [3.63, 3.8) is 0 Å². The molecule has 0 spiro atoms. The summed E-state index contributed by atoms with van der Waals surface area (Å²) in [5.74, 6) is -0.413. The molecule has 0 radical (unpaired) electrons. The maximum Gasteiger partial charge on any atom is 0.407 e. The lowest BCUT2D eigenvalue weighted by atomic mass is 9.98. The number of ether oxygens (including phenoxy) is 2. The van der Waals surface area contributed by atoms with Crippen LogP contribution in [0.5, 0.6) is 0 Å². The molecule has 7 nitrogen and oxygen atoms in total. The summed E-state index contributed by atoms with van der Waals surface area (Å²) >= 11 is 0. The third-order valence-corrected chi connectivity index (χ3v) is 5.13. The molecule has 0 aromatic heterocycles. The average Bonchev–Trinajstić information content (AvgIpc) is 3.03. The summed E-state index contributed by atoms with van der Waals surface area (Å²) in [5.41, 5.74) is 4.00. The van der Waals surface area contributed by atoms with E-state index in [-0.39, 0.29) is 18.3 Å². The van der Waals surface area contributed by atoms with E-state index in [2.05, 4.69) is 22.4 Å². The number of benzene rings is 2. The fourth-order valence-electron chi connectivity index (χ4n) is 3.96. The van der Waals surface area contributed by atoms with Crippen molar-refractivity contribution in [3.05, 3.63) is 76.6 Å². The van der Waals surface area contributed by atoms with E-state index in [9.17, 15) is 9.90 Å². The Morgan fingerprint density at radius 2 is 1.71 bits per heavy atom. The number of fused-ring (bicyclic) bond motifs is 3. The van der Waals surface area contributed by atoms with Crippen LogP contribution in [0.3, 0.4) is 0 Å². The van der Waals surface area contributed by atoms with E-state index in [0.29, 0.717) is 0 Å². The zero-order valence-corrected chi connectivity index (χ0v) is 18.2. The lowest BCUT2D eigenvalue weighted by Gasteiger charge is -2.30. The van der Waals surface area contributed by atoms with E-state index in [1.54, 1.807) is 6.92 Å².